The Balaban J connectivity index is 1.64. The summed E-state index contributed by atoms with van der Waals surface area (Å²) in [5, 5.41) is 0. The van der Waals surface area contributed by atoms with Gasteiger partial charge in [0.2, 0.25) is 5.91 Å². The number of carbonyl (C=O) groups is 1. The van der Waals surface area contributed by atoms with E-state index in [1.807, 2.05) is 25.5 Å². The van der Waals surface area contributed by atoms with Gasteiger partial charge in [0.15, 0.2) is 0 Å². The van der Waals surface area contributed by atoms with Crippen molar-refractivity contribution in [3.8, 4) is 0 Å². The van der Waals surface area contributed by atoms with Crippen LogP contribution in [0.4, 0.5) is 4.39 Å². The van der Waals surface area contributed by atoms with E-state index in [1.54, 1.807) is 0 Å². The molecule has 5 heteroatoms. The standard InChI is InChI=1S/C20H28FN3O/c1-3-4-16-14(2)18-12-23-13-24(18)17(16)7-10-20(21)8-5-15(6-9-20)11-19(22)25/h3-4,12-13,15,17H,5-11H2,1-2H3,(H2,22,25)/b4-3-. The van der Waals surface area contributed by atoms with Crippen molar-refractivity contribution < 1.29 is 9.18 Å². The van der Waals surface area contributed by atoms with Crippen LogP contribution in [0.25, 0.3) is 5.57 Å². The summed E-state index contributed by atoms with van der Waals surface area (Å²) in [6.45, 7) is 4.13. The van der Waals surface area contributed by atoms with Gasteiger partial charge in [-0.15, -0.1) is 0 Å². The molecule has 1 unspecified atom stereocenters. The maximum atomic E-state index is 15.3. The number of amides is 1. The van der Waals surface area contributed by atoms with Gasteiger partial charge in [0, 0.05) is 6.42 Å². The summed E-state index contributed by atoms with van der Waals surface area (Å²) in [6, 6.07) is 0.171. The zero-order valence-electron chi connectivity index (χ0n) is 15.2. The van der Waals surface area contributed by atoms with Gasteiger partial charge < -0.3 is 10.3 Å². The number of imidazole rings is 1. The number of primary amides is 1. The highest BCUT2D eigenvalue weighted by atomic mass is 19.1. The van der Waals surface area contributed by atoms with E-state index in [0.717, 1.165) is 25.0 Å². The van der Waals surface area contributed by atoms with Crippen molar-refractivity contribution in [1.29, 1.82) is 0 Å². The predicted molar refractivity (Wildman–Crippen MR) is 97.5 cm³/mol. The van der Waals surface area contributed by atoms with Crippen molar-refractivity contribution in [2.24, 2.45) is 11.7 Å². The third-order valence-electron chi connectivity index (χ3n) is 5.88. The van der Waals surface area contributed by atoms with Crippen LogP contribution in [0.3, 0.4) is 0 Å². The lowest BCUT2D eigenvalue weighted by atomic mass is 9.76. The molecule has 0 saturated heterocycles. The molecule has 2 aliphatic rings. The van der Waals surface area contributed by atoms with Gasteiger partial charge in [-0.3, -0.25) is 4.79 Å². The van der Waals surface area contributed by atoms with Crippen molar-refractivity contribution in [1.82, 2.24) is 9.55 Å². The smallest absolute Gasteiger partial charge is 0.217 e. The molecule has 4 nitrogen and oxygen atoms in total. The van der Waals surface area contributed by atoms with Crippen LogP contribution in [0.5, 0.6) is 0 Å². The number of hydrogen-bond donors (Lipinski definition) is 1. The largest absolute Gasteiger partial charge is 0.370 e. The fraction of sp³-hybridized carbons (Fsp3) is 0.600. The van der Waals surface area contributed by atoms with Crippen molar-refractivity contribution in [3.63, 3.8) is 0 Å². The molecular formula is C20H28FN3O. The van der Waals surface area contributed by atoms with E-state index < -0.39 is 5.67 Å². The first kappa shape index (κ1) is 17.9. The second kappa shape index (κ2) is 7.14. The zero-order chi connectivity index (χ0) is 18.0. The number of aromatic nitrogens is 2. The van der Waals surface area contributed by atoms with E-state index >= 15 is 4.39 Å². The van der Waals surface area contributed by atoms with E-state index in [4.69, 9.17) is 5.73 Å². The van der Waals surface area contributed by atoms with Crippen LogP contribution in [-0.4, -0.2) is 21.1 Å². The van der Waals surface area contributed by atoms with E-state index in [-0.39, 0.29) is 17.9 Å². The molecule has 1 aromatic heterocycles. The van der Waals surface area contributed by atoms with E-state index in [2.05, 4.69) is 22.6 Å². The average Bonchev–Trinajstić information content (AvgIpc) is 3.13. The molecule has 0 bridgehead atoms. The van der Waals surface area contributed by atoms with Gasteiger partial charge in [-0.05, 0) is 69.4 Å². The van der Waals surface area contributed by atoms with E-state index in [9.17, 15) is 4.79 Å². The molecule has 1 aliphatic heterocycles. The summed E-state index contributed by atoms with van der Waals surface area (Å²) in [5.74, 6) is -0.0135. The molecule has 3 rings (SSSR count). The van der Waals surface area contributed by atoms with Gasteiger partial charge in [0.1, 0.15) is 5.67 Å². The van der Waals surface area contributed by atoms with Gasteiger partial charge in [0.05, 0.1) is 24.3 Å². The lowest BCUT2D eigenvalue weighted by molar-refractivity contribution is -0.119. The fourth-order valence-corrected chi connectivity index (χ4v) is 4.43. The van der Waals surface area contributed by atoms with Crippen LogP contribution < -0.4 is 5.73 Å². The van der Waals surface area contributed by atoms with Crippen molar-refractivity contribution in [2.75, 3.05) is 0 Å². The van der Waals surface area contributed by atoms with Crippen molar-refractivity contribution in [2.45, 2.75) is 70.5 Å². The van der Waals surface area contributed by atoms with E-state index in [1.165, 1.54) is 11.1 Å². The highest BCUT2D eigenvalue weighted by Gasteiger charge is 2.37. The number of hydrogen-bond acceptors (Lipinski definition) is 2. The molecule has 1 aliphatic carbocycles. The number of fused-ring (bicyclic) bond motifs is 1. The van der Waals surface area contributed by atoms with Gasteiger partial charge in [-0.1, -0.05) is 12.2 Å². The molecule has 1 amide bonds. The summed E-state index contributed by atoms with van der Waals surface area (Å²) in [7, 11) is 0. The summed E-state index contributed by atoms with van der Waals surface area (Å²) in [4.78, 5) is 15.3. The number of alkyl halides is 1. The molecule has 0 aromatic carbocycles. The quantitative estimate of drug-likeness (QED) is 0.833. The maximum absolute atomic E-state index is 15.3. The molecule has 25 heavy (non-hydrogen) atoms. The Labute approximate surface area is 149 Å². The van der Waals surface area contributed by atoms with Crippen LogP contribution in [-0.2, 0) is 4.79 Å². The highest BCUT2D eigenvalue weighted by molar-refractivity contribution is 5.74. The second-order valence-electron chi connectivity index (χ2n) is 7.59. The Bertz CT molecular complexity index is 696. The van der Waals surface area contributed by atoms with Crippen LogP contribution in [0.2, 0.25) is 0 Å². The number of rotatable bonds is 6. The Morgan fingerprint density at radius 1 is 1.48 bits per heavy atom. The number of carbonyl (C=O) groups excluding carboxylic acids is 1. The molecule has 0 spiro atoms. The van der Waals surface area contributed by atoms with Crippen LogP contribution in [0.1, 0.15) is 70.5 Å². The van der Waals surface area contributed by atoms with E-state index in [0.29, 0.717) is 25.7 Å². The second-order valence-corrected chi connectivity index (χ2v) is 7.59. The number of nitrogens with two attached hydrogens (primary N) is 1. The monoisotopic (exact) mass is 345 g/mol. The fourth-order valence-electron chi connectivity index (χ4n) is 4.43. The number of nitrogens with zero attached hydrogens (tertiary/aromatic N) is 2. The summed E-state index contributed by atoms with van der Waals surface area (Å²) < 4.78 is 17.4. The van der Waals surface area contributed by atoms with Crippen LogP contribution in [0.15, 0.2) is 30.2 Å². The summed E-state index contributed by atoms with van der Waals surface area (Å²) in [5.41, 5.74) is 7.79. The van der Waals surface area contributed by atoms with Crippen molar-refractivity contribution >= 4 is 11.5 Å². The molecule has 1 aromatic rings. The summed E-state index contributed by atoms with van der Waals surface area (Å²) >= 11 is 0. The predicted octanol–water partition coefficient (Wildman–Crippen LogP) is 4.34. The first-order valence-electron chi connectivity index (χ1n) is 9.26. The molecule has 1 fully saturated rings. The Morgan fingerprint density at radius 3 is 2.84 bits per heavy atom. The average molecular weight is 345 g/mol. The molecular weight excluding hydrogens is 317 g/mol. The topological polar surface area (TPSA) is 60.9 Å². The maximum Gasteiger partial charge on any atom is 0.217 e. The minimum atomic E-state index is -1.12. The van der Waals surface area contributed by atoms with Crippen LogP contribution in [0, 0.1) is 5.92 Å². The lowest BCUT2D eigenvalue weighted by Gasteiger charge is -2.34. The Hall–Kier alpha value is -1.91. The van der Waals surface area contributed by atoms with Gasteiger partial charge in [0.25, 0.3) is 0 Å². The molecule has 2 heterocycles. The first-order valence-corrected chi connectivity index (χ1v) is 9.26. The minimum absolute atomic E-state index is 0.171. The van der Waals surface area contributed by atoms with Crippen molar-refractivity contribution in [3.05, 3.63) is 35.9 Å². The SMILES string of the molecule is C/C=C\C1=C(C)c2cncn2C1CCC1(F)CCC(CC(N)=O)CC1. The van der Waals surface area contributed by atoms with Gasteiger partial charge >= 0.3 is 0 Å². The molecule has 0 radical (unpaired) electrons. The van der Waals surface area contributed by atoms with Gasteiger partial charge in [-0.25, -0.2) is 9.37 Å². The minimum Gasteiger partial charge on any atom is -0.370 e. The highest BCUT2D eigenvalue weighted by Crippen LogP contribution is 2.44. The third kappa shape index (κ3) is 3.70. The Morgan fingerprint density at radius 2 is 2.20 bits per heavy atom. The third-order valence-corrected chi connectivity index (χ3v) is 5.88. The van der Waals surface area contributed by atoms with Crippen LogP contribution >= 0.6 is 0 Å². The number of halogens is 1. The Kier molecular flexibility index (Phi) is 5.11. The number of allylic oxidation sites excluding steroid dienone is 4. The lowest BCUT2D eigenvalue weighted by Crippen LogP contribution is -2.32. The summed E-state index contributed by atoms with van der Waals surface area (Å²) in [6.07, 6.45) is 12.2. The molecule has 1 saturated carbocycles. The van der Waals surface area contributed by atoms with Gasteiger partial charge in [-0.2, -0.15) is 0 Å². The normalized spacial score (nSPS) is 29.4. The molecule has 1 atom stereocenters. The zero-order valence-corrected chi connectivity index (χ0v) is 15.2. The first-order chi connectivity index (χ1) is 11.9. The molecule has 2 N–H and O–H groups in total. The molecule has 136 valence electrons.